The van der Waals surface area contributed by atoms with Crippen molar-refractivity contribution in [1.82, 2.24) is 0 Å². The van der Waals surface area contributed by atoms with E-state index in [0.29, 0.717) is 0 Å². The maximum Gasteiger partial charge on any atom is 0.239 e. The molecule has 0 aliphatic carbocycles. The fourth-order valence-electron chi connectivity index (χ4n) is 0.439. The van der Waals surface area contributed by atoms with Crippen LogP contribution in [0.2, 0.25) is 0 Å². The van der Waals surface area contributed by atoms with Gasteiger partial charge < -0.3 is 0 Å². The van der Waals surface area contributed by atoms with Crippen LogP contribution in [0.3, 0.4) is 0 Å². The normalized spacial score (nSPS) is 10.4. The Morgan fingerprint density at radius 2 is 2.00 bits per heavy atom. The van der Waals surface area contributed by atoms with Crippen LogP contribution >= 0.6 is 6.19 Å². The van der Waals surface area contributed by atoms with E-state index in [9.17, 15) is 4.79 Å². The quantitative estimate of drug-likeness (QED) is 0.360. The van der Waals surface area contributed by atoms with Crippen molar-refractivity contribution in [3.05, 3.63) is 0 Å². The molecule has 0 bridgehead atoms. The number of hydrogen-bond acceptors (Lipinski definition) is 2. The van der Waals surface area contributed by atoms with Crippen LogP contribution in [0, 0.1) is 0 Å². The molecule has 0 saturated carbocycles. The number of isocyanates is 1. The molecular weight excluding hydrogens is 153 g/mol. The van der Waals surface area contributed by atoms with Crippen LogP contribution in [0.4, 0.5) is 0 Å². The summed E-state index contributed by atoms with van der Waals surface area (Å²) in [6, 6.07) is 0. The third-order valence-corrected chi connectivity index (χ3v) is 5.43. The van der Waals surface area contributed by atoms with Crippen molar-refractivity contribution >= 4 is 24.1 Å². The Morgan fingerprint density at radius 1 is 1.56 bits per heavy atom. The molecule has 0 fully saturated rings. The average molecular weight is 163 g/mol. The summed E-state index contributed by atoms with van der Waals surface area (Å²) in [5.41, 5.74) is 0. The molecule has 2 nitrogen and oxygen atoms in total. The highest BCUT2D eigenvalue weighted by Crippen LogP contribution is 2.45. The summed E-state index contributed by atoms with van der Waals surface area (Å²) in [5.74, 6) is 0. The second-order valence-corrected chi connectivity index (χ2v) is 6.87. The van der Waals surface area contributed by atoms with Gasteiger partial charge in [-0.15, -0.1) is 0 Å². The standard InChI is InChI=1S/C5H10NOPS/c1-3-8(9,4-2)6-5-7/h3-4H2,1-2H3. The van der Waals surface area contributed by atoms with Gasteiger partial charge in [0.2, 0.25) is 6.08 Å². The zero-order valence-electron chi connectivity index (χ0n) is 5.63. The Bertz CT molecular complexity index is 166. The van der Waals surface area contributed by atoms with Crippen molar-refractivity contribution in [3.63, 3.8) is 0 Å². The molecule has 0 aliphatic rings. The molecule has 0 aromatic rings. The molecule has 0 rings (SSSR count). The number of hydrogen-bond donors (Lipinski definition) is 0. The molecule has 9 heavy (non-hydrogen) atoms. The molecule has 0 radical (unpaired) electrons. The molecule has 0 heterocycles. The molecule has 0 aromatic heterocycles. The van der Waals surface area contributed by atoms with Crippen molar-refractivity contribution in [2.24, 2.45) is 4.76 Å². The Labute approximate surface area is 60.4 Å². The van der Waals surface area contributed by atoms with Crippen LogP contribution in [-0.4, -0.2) is 18.4 Å². The Morgan fingerprint density at radius 3 is 2.11 bits per heavy atom. The Kier molecular flexibility index (Phi) is 3.96. The first-order chi connectivity index (χ1) is 4.18. The van der Waals surface area contributed by atoms with Crippen molar-refractivity contribution in [2.75, 3.05) is 12.3 Å². The van der Waals surface area contributed by atoms with Gasteiger partial charge in [-0.2, -0.15) is 4.76 Å². The molecule has 0 aliphatic heterocycles. The molecule has 0 saturated heterocycles. The highest BCUT2D eigenvalue weighted by atomic mass is 32.4. The van der Waals surface area contributed by atoms with Gasteiger partial charge in [-0.1, -0.05) is 25.7 Å². The van der Waals surface area contributed by atoms with Crippen molar-refractivity contribution in [1.29, 1.82) is 0 Å². The lowest BCUT2D eigenvalue weighted by molar-refractivity contribution is 0.566. The van der Waals surface area contributed by atoms with Gasteiger partial charge in [0, 0.05) is 0 Å². The van der Waals surface area contributed by atoms with E-state index in [1.807, 2.05) is 13.8 Å². The van der Waals surface area contributed by atoms with Gasteiger partial charge in [0.15, 0.2) is 0 Å². The van der Waals surface area contributed by atoms with E-state index in [2.05, 4.69) is 4.76 Å². The predicted molar refractivity (Wildman–Crippen MR) is 43.5 cm³/mol. The molecule has 0 aromatic carbocycles. The average Bonchev–Trinajstić information content (AvgIpc) is 1.89. The maximum atomic E-state index is 9.81. The van der Waals surface area contributed by atoms with Crippen molar-refractivity contribution < 1.29 is 4.79 Å². The van der Waals surface area contributed by atoms with Crippen LogP contribution in [0.5, 0.6) is 0 Å². The Balaban J connectivity index is 4.28. The van der Waals surface area contributed by atoms with Crippen LogP contribution < -0.4 is 0 Å². The van der Waals surface area contributed by atoms with Gasteiger partial charge in [-0.25, -0.2) is 4.79 Å². The smallest absolute Gasteiger partial charge is 0.211 e. The van der Waals surface area contributed by atoms with Crippen LogP contribution in [-0.2, 0) is 16.6 Å². The summed E-state index contributed by atoms with van der Waals surface area (Å²) in [7, 11) is 0. The fourth-order valence-corrected chi connectivity index (χ4v) is 1.42. The molecule has 52 valence electrons. The zero-order chi connectivity index (χ0) is 7.33. The monoisotopic (exact) mass is 163 g/mol. The highest BCUT2D eigenvalue weighted by molar-refractivity contribution is 8.14. The molecule has 0 spiro atoms. The van der Waals surface area contributed by atoms with E-state index in [4.69, 9.17) is 11.8 Å². The summed E-state index contributed by atoms with van der Waals surface area (Å²) in [4.78, 5) is 9.81. The minimum atomic E-state index is -1.65. The highest BCUT2D eigenvalue weighted by Gasteiger charge is 2.07. The third-order valence-electron chi connectivity index (χ3n) is 1.21. The van der Waals surface area contributed by atoms with E-state index in [0.717, 1.165) is 12.3 Å². The van der Waals surface area contributed by atoms with Crippen molar-refractivity contribution in [3.8, 4) is 0 Å². The third kappa shape index (κ3) is 2.90. The lowest BCUT2D eigenvalue weighted by atomic mass is 11.0. The Hall–Kier alpha value is 0.0300. The molecule has 0 N–H and O–H groups in total. The number of carbonyl (C=O) groups excluding carboxylic acids is 1. The molecule has 0 unspecified atom stereocenters. The van der Waals surface area contributed by atoms with E-state index >= 15 is 0 Å². The lowest BCUT2D eigenvalue weighted by Gasteiger charge is -2.07. The van der Waals surface area contributed by atoms with E-state index < -0.39 is 6.19 Å². The molecule has 0 amide bonds. The largest absolute Gasteiger partial charge is 0.239 e. The van der Waals surface area contributed by atoms with Crippen molar-refractivity contribution in [2.45, 2.75) is 13.8 Å². The second kappa shape index (κ2) is 3.94. The summed E-state index contributed by atoms with van der Waals surface area (Å²) >= 11 is 5.09. The number of rotatable bonds is 3. The lowest BCUT2D eigenvalue weighted by Crippen LogP contribution is -1.83. The fraction of sp³-hybridized carbons (Fsp3) is 0.800. The first-order valence-electron chi connectivity index (χ1n) is 2.86. The summed E-state index contributed by atoms with van der Waals surface area (Å²) in [5, 5.41) is 0. The van der Waals surface area contributed by atoms with Gasteiger partial charge >= 0.3 is 0 Å². The van der Waals surface area contributed by atoms with E-state index in [-0.39, 0.29) is 0 Å². The van der Waals surface area contributed by atoms with Gasteiger partial charge in [0.25, 0.3) is 0 Å². The number of nitrogens with zero attached hydrogens (tertiary/aromatic N) is 1. The van der Waals surface area contributed by atoms with Gasteiger partial charge in [0.1, 0.15) is 0 Å². The van der Waals surface area contributed by atoms with Crippen LogP contribution in [0.25, 0.3) is 0 Å². The minimum Gasteiger partial charge on any atom is -0.211 e. The maximum absolute atomic E-state index is 9.81. The summed E-state index contributed by atoms with van der Waals surface area (Å²) in [6.45, 7) is 3.93. The molecule has 0 atom stereocenters. The molecule has 4 heteroatoms. The van der Waals surface area contributed by atoms with Crippen LogP contribution in [0.15, 0.2) is 4.76 Å². The first kappa shape index (κ1) is 9.03. The summed E-state index contributed by atoms with van der Waals surface area (Å²) < 4.78 is 3.61. The molecular formula is C5H10NOPS. The van der Waals surface area contributed by atoms with Gasteiger partial charge in [-0.3, -0.25) is 0 Å². The second-order valence-electron chi connectivity index (χ2n) is 1.67. The zero-order valence-corrected chi connectivity index (χ0v) is 7.34. The predicted octanol–water partition coefficient (Wildman–Crippen LogP) is 1.76. The van der Waals surface area contributed by atoms with Gasteiger partial charge in [-0.05, 0) is 12.3 Å². The first-order valence-corrected chi connectivity index (χ1v) is 5.98. The van der Waals surface area contributed by atoms with E-state index in [1.54, 1.807) is 0 Å². The van der Waals surface area contributed by atoms with E-state index in [1.165, 1.54) is 6.08 Å². The SMILES string of the molecule is CCP(=S)(CC)N=C=O. The minimum absolute atomic E-state index is 0.827. The van der Waals surface area contributed by atoms with Crippen LogP contribution in [0.1, 0.15) is 13.8 Å². The summed E-state index contributed by atoms with van der Waals surface area (Å²) in [6.07, 6.45) is 1.54. The van der Waals surface area contributed by atoms with Gasteiger partial charge in [0.05, 0.1) is 6.19 Å². The topological polar surface area (TPSA) is 29.4 Å².